The van der Waals surface area contributed by atoms with Gasteiger partial charge in [0, 0.05) is 5.57 Å². The molecule has 12 rings (SSSR count). The van der Waals surface area contributed by atoms with Crippen molar-refractivity contribution in [3.05, 3.63) is 60.3 Å². The number of hydrogen-bond acceptors (Lipinski definition) is 38. The second-order valence-electron chi connectivity index (χ2n) is 39.7. The number of aliphatic hydroxyl groups is 19. The van der Waals surface area contributed by atoms with Crippen LogP contribution in [0.2, 0.25) is 0 Å². The van der Waals surface area contributed by atoms with Crippen LogP contribution >= 0.6 is 0 Å². The number of aliphatic hydroxyl groups excluding tert-OH is 17. The Morgan fingerprint density at radius 2 is 1.02 bits per heavy atom. The zero-order valence-electron chi connectivity index (χ0n) is 73.6. The Balaban J connectivity index is 0.812. The number of carbonyl (C=O) groups is 3. The van der Waals surface area contributed by atoms with E-state index in [1.807, 2.05) is 0 Å². The molecule has 7 saturated heterocycles. The quantitative estimate of drug-likeness (QED) is 0.0132. The van der Waals surface area contributed by atoms with E-state index < -0.39 is 300 Å². The van der Waals surface area contributed by atoms with Crippen molar-refractivity contribution in [3.63, 3.8) is 0 Å². The van der Waals surface area contributed by atoms with Crippen molar-refractivity contribution >= 4 is 17.9 Å². The Morgan fingerprint density at radius 1 is 0.500 bits per heavy atom. The van der Waals surface area contributed by atoms with Gasteiger partial charge in [0.25, 0.3) is 0 Å². The van der Waals surface area contributed by atoms with Crippen LogP contribution in [0.4, 0.5) is 0 Å². The molecular formula is C88H138O38. The van der Waals surface area contributed by atoms with Gasteiger partial charge in [0.2, 0.25) is 6.29 Å². The van der Waals surface area contributed by atoms with Crippen molar-refractivity contribution in [1.29, 1.82) is 0 Å². The Bertz CT molecular complexity index is 3820. The second kappa shape index (κ2) is 39.8. The highest BCUT2D eigenvalue weighted by Gasteiger charge is 2.71. The van der Waals surface area contributed by atoms with E-state index in [4.69, 9.17) is 75.8 Å². The van der Waals surface area contributed by atoms with Crippen molar-refractivity contribution in [2.45, 2.75) is 374 Å². The Kier molecular flexibility index (Phi) is 31.8. The highest BCUT2D eigenvalue weighted by atomic mass is 16.8. The third kappa shape index (κ3) is 20.3. The third-order valence-electron chi connectivity index (χ3n) is 30.3. The van der Waals surface area contributed by atoms with Crippen LogP contribution in [0, 0.1) is 50.2 Å². The van der Waals surface area contributed by atoms with Gasteiger partial charge in [-0.2, -0.15) is 0 Å². The minimum atomic E-state index is -2.19. The molecule has 0 aromatic rings. The Labute approximate surface area is 732 Å². The van der Waals surface area contributed by atoms with E-state index in [-0.39, 0.29) is 65.9 Å². The first kappa shape index (κ1) is 101. The number of rotatable bonds is 29. The van der Waals surface area contributed by atoms with Crippen LogP contribution in [0.5, 0.6) is 0 Å². The molecule has 4 saturated carbocycles. The normalized spacial score (nSPS) is 47.2. The summed E-state index contributed by atoms with van der Waals surface area (Å²) in [6.07, 6.45) is -41.2. The highest BCUT2D eigenvalue weighted by Crippen LogP contribution is 2.76. The molecule has 0 radical (unpaired) electrons. The van der Waals surface area contributed by atoms with E-state index >= 15 is 4.79 Å². The number of allylic oxidation sites excluding steroid dienone is 4. The number of hydrogen-bond donors (Lipinski definition) is 19. The highest BCUT2D eigenvalue weighted by molar-refractivity contribution is 5.89. The fourth-order valence-corrected chi connectivity index (χ4v) is 21.9. The third-order valence-corrected chi connectivity index (χ3v) is 30.3. The average Bonchev–Trinajstić information content (AvgIpc) is 0.673. The first-order valence-electron chi connectivity index (χ1n) is 44.2. The van der Waals surface area contributed by atoms with E-state index in [1.165, 1.54) is 45.1 Å². The number of esters is 3. The number of carbonyl (C=O) groups excluding carboxylic acids is 3. The van der Waals surface area contributed by atoms with Crippen molar-refractivity contribution in [2.75, 3.05) is 46.2 Å². The fourth-order valence-electron chi connectivity index (χ4n) is 21.9. The van der Waals surface area contributed by atoms with E-state index in [0.29, 0.717) is 51.4 Å². The zero-order chi connectivity index (χ0) is 92.4. The summed E-state index contributed by atoms with van der Waals surface area (Å²) < 4.78 is 97.2. The maximum Gasteiger partial charge on any atom is 0.336 e. The minimum absolute atomic E-state index is 0.0104. The summed E-state index contributed by atoms with van der Waals surface area (Å²) in [4.78, 5) is 45.3. The Morgan fingerprint density at radius 3 is 1.64 bits per heavy atom. The molecule has 718 valence electrons. The first-order valence-corrected chi connectivity index (χ1v) is 44.2. The van der Waals surface area contributed by atoms with Gasteiger partial charge < -0.3 is 173 Å². The molecule has 19 N–H and O–H groups in total. The molecular weight excluding hydrogens is 1660 g/mol. The van der Waals surface area contributed by atoms with Gasteiger partial charge >= 0.3 is 17.9 Å². The van der Waals surface area contributed by atoms with Gasteiger partial charge in [-0.05, 0) is 162 Å². The standard InChI is InChI=1S/C88H138O38/c1-14-83(9,109)24-16-18-40(3)71(106)111-38-50-58(98)68(121-72(107)42(33-89)19-17-25-84(10,110)15-2)70(125-76-64(104)60(100)66(41(4)117-76)122-75-65(105)67(48(93)37-114-75)123-73-61(101)54(94)45(90)34-112-73)79(119-50)126-80(108)88-30-28-81(5,6)32-44(88)43-20-21-52-85(11)26-23-53(82(7,8)51(85)22-27-87(52,13)86(43,12)29-31-88)120-77-63(103)59(99)57(97)49(118-77)39-116-78-69(56(96)47(92)36-115-78)124-74-62(102)55(95)46(91)35-113-74/h14-15,18-20,41,44-70,73-79,89-105,109-110H,1-2,16-17,21-39H2,3-13H3/b40-18+,42-19+/t41-,44-,45+,46+,47+,48+,49+,50+,51-,52+,53-,54-,55-,56+,57-,58+,59-,60-,61+,62+,63+,64+,65+,66-,67-,68-,69+,70+,73-,74-,75-,76-,77-,78-,79-,83+,84+,85-,86+,87+,88-/m0/s1. The summed E-state index contributed by atoms with van der Waals surface area (Å²) in [7, 11) is 0. The van der Waals surface area contributed by atoms with E-state index in [0.717, 1.165) is 12.0 Å². The monoisotopic (exact) mass is 1800 g/mol. The molecule has 0 aromatic heterocycles. The molecule has 5 aliphatic carbocycles. The van der Waals surface area contributed by atoms with Gasteiger partial charge in [0.1, 0.15) is 135 Å². The lowest BCUT2D eigenvalue weighted by Gasteiger charge is -2.71. The molecule has 38 heteroatoms. The average molecular weight is 1800 g/mol. The van der Waals surface area contributed by atoms with Crippen LogP contribution in [0.15, 0.2) is 60.3 Å². The SMILES string of the molecule is C=C[C@@](C)(O)CC/C=C(\C)C(=O)OC[C@H]1O[C@@H](OC(=O)[C@]23CCC(C)(C)C[C@H]2C2=CC[C@@H]4[C@@]5(C)CC[C@H](O[C@@H]6O[C@H](CO[C@@H]7OC[C@@H](O)[C@@H](O)[C@H]7O[C@@H]7OC[C@@H](O)[C@H](O)[C@H]7O)[C@H](O)[C@H](O)[C@H]6O)C(C)(C)[C@@H]5CC[C@@]4(C)[C@]2(C)CC3)[C@H](O[C@@H]2O[C@@H](C)[C@H](O[C@@H]3OC[C@@H](O)[C@H](O[C@@H]4OC[C@@H](O)[C@H](O)[C@H]4O)[C@H]3O)[C@@H](O)[C@H]2O)[C@@H](OC(=O)/C(=C/CC[C@](C)(O)C=C)CO)[C@@H]1O. The van der Waals surface area contributed by atoms with E-state index in [2.05, 4.69) is 67.7 Å². The minimum Gasteiger partial charge on any atom is -0.459 e. The van der Waals surface area contributed by atoms with Crippen molar-refractivity contribution < 1.29 is 187 Å². The molecule has 41 atom stereocenters. The summed E-state index contributed by atoms with van der Waals surface area (Å²) in [6.45, 7) is 24.5. The van der Waals surface area contributed by atoms with Gasteiger partial charge in [-0.25, -0.2) is 9.59 Å². The van der Waals surface area contributed by atoms with Gasteiger partial charge in [-0.1, -0.05) is 84.4 Å². The van der Waals surface area contributed by atoms with Crippen LogP contribution in [0.25, 0.3) is 0 Å². The van der Waals surface area contributed by atoms with Gasteiger partial charge in [0.05, 0.1) is 74.0 Å². The summed E-state index contributed by atoms with van der Waals surface area (Å²) in [5.74, 6) is -3.39. The van der Waals surface area contributed by atoms with Crippen LogP contribution in [-0.2, 0) is 90.2 Å². The van der Waals surface area contributed by atoms with Crippen molar-refractivity contribution in [3.8, 4) is 0 Å². The molecule has 0 spiro atoms. The maximum atomic E-state index is 16.6. The lowest BCUT2D eigenvalue weighted by molar-refractivity contribution is -0.379. The fraction of sp³-hybridized carbons (Fsp3) is 0.852. The molecule has 0 unspecified atom stereocenters. The Hall–Kier alpha value is -4.17. The molecule has 0 aromatic carbocycles. The molecule has 0 bridgehead atoms. The van der Waals surface area contributed by atoms with Crippen molar-refractivity contribution in [2.24, 2.45) is 50.2 Å². The van der Waals surface area contributed by atoms with Gasteiger partial charge in [-0.15, -0.1) is 13.2 Å². The molecule has 126 heavy (non-hydrogen) atoms. The smallest absolute Gasteiger partial charge is 0.336 e. The summed E-state index contributed by atoms with van der Waals surface area (Å²) in [5.41, 5.74) is -5.57. The predicted molar refractivity (Wildman–Crippen MR) is 432 cm³/mol. The van der Waals surface area contributed by atoms with Crippen LogP contribution in [0.1, 0.15) is 166 Å². The molecule has 7 heterocycles. The van der Waals surface area contributed by atoms with Gasteiger partial charge in [0.15, 0.2) is 49.9 Å². The molecule has 0 amide bonds. The summed E-state index contributed by atoms with van der Waals surface area (Å²) in [5, 5.41) is 210. The van der Waals surface area contributed by atoms with Crippen molar-refractivity contribution in [1.82, 2.24) is 0 Å². The summed E-state index contributed by atoms with van der Waals surface area (Å²) >= 11 is 0. The van der Waals surface area contributed by atoms with Crippen LogP contribution in [-0.4, -0.2) is 369 Å². The first-order chi connectivity index (χ1) is 59.0. The largest absolute Gasteiger partial charge is 0.459 e. The zero-order valence-corrected chi connectivity index (χ0v) is 73.6. The molecule has 11 fully saturated rings. The molecule has 38 nitrogen and oxygen atoms in total. The molecule has 7 aliphatic heterocycles. The van der Waals surface area contributed by atoms with E-state index in [1.54, 1.807) is 6.92 Å². The predicted octanol–water partition coefficient (Wildman–Crippen LogP) is -1.58. The lowest BCUT2D eigenvalue weighted by atomic mass is 9.33. The molecule has 12 aliphatic rings. The topological polar surface area (TPSA) is 583 Å². The van der Waals surface area contributed by atoms with E-state index in [9.17, 15) is 107 Å². The number of fused-ring (bicyclic) bond motifs is 7. The summed E-state index contributed by atoms with van der Waals surface area (Å²) in [6, 6.07) is 0. The van der Waals surface area contributed by atoms with Gasteiger partial charge in [-0.3, -0.25) is 4.79 Å². The van der Waals surface area contributed by atoms with Crippen LogP contribution in [0.3, 0.4) is 0 Å². The lowest BCUT2D eigenvalue weighted by Crippen LogP contribution is -2.67. The maximum absolute atomic E-state index is 16.6. The number of ether oxygens (including phenoxy) is 16. The second-order valence-corrected chi connectivity index (χ2v) is 39.7. The van der Waals surface area contributed by atoms with Crippen LogP contribution < -0.4 is 0 Å².